The first-order valence-corrected chi connectivity index (χ1v) is 9.29. The summed E-state index contributed by atoms with van der Waals surface area (Å²) in [5.41, 5.74) is 1.63. The average molecular weight is 409 g/mol. The first-order valence-electron chi connectivity index (χ1n) is 8.88. The Kier molecular flexibility index (Phi) is 4.89. The summed E-state index contributed by atoms with van der Waals surface area (Å²) < 4.78 is 14.4. The number of benzene rings is 2. The molecule has 4 rings (SSSR count). The topological polar surface area (TPSA) is 87.0 Å². The fourth-order valence-corrected chi connectivity index (χ4v) is 3.58. The van der Waals surface area contributed by atoms with Gasteiger partial charge < -0.3 is 9.47 Å². The number of fused-ring (bicyclic) bond motifs is 1. The molecule has 0 bridgehead atoms. The summed E-state index contributed by atoms with van der Waals surface area (Å²) in [5, 5.41) is 12.5. The predicted octanol–water partition coefficient (Wildman–Crippen LogP) is 3.01. The van der Waals surface area contributed by atoms with E-state index in [2.05, 4.69) is 15.3 Å². The number of aromatic nitrogens is 5. The highest BCUT2D eigenvalue weighted by Crippen LogP contribution is 2.32. The molecule has 9 heteroatoms. The molecule has 0 radical (unpaired) electrons. The molecular weight excluding hydrogens is 390 g/mol. The number of ether oxygens (including phenoxy) is 2. The molecule has 2 aromatic carbocycles. The van der Waals surface area contributed by atoms with Gasteiger partial charge in [-0.3, -0.25) is 14.5 Å². The summed E-state index contributed by atoms with van der Waals surface area (Å²) in [7, 11) is 3.04. The van der Waals surface area contributed by atoms with Crippen molar-refractivity contribution in [3.05, 3.63) is 69.1 Å². The highest BCUT2D eigenvalue weighted by atomic mass is 32.1. The summed E-state index contributed by atoms with van der Waals surface area (Å²) in [6, 6.07) is 11.4. The van der Waals surface area contributed by atoms with Gasteiger partial charge >= 0.3 is 0 Å². The summed E-state index contributed by atoms with van der Waals surface area (Å²) >= 11 is 5.41. The van der Waals surface area contributed by atoms with Gasteiger partial charge in [-0.2, -0.15) is 10.2 Å². The fourth-order valence-electron chi connectivity index (χ4n) is 3.33. The number of H-pyrrole nitrogens is 1. The smallest absolute Gasteiger partial charge is 0.278 e. The summed E-state index contributed by atoms with van der Waals surface area (Å²) in [5.74, 6) is 1.43. The van der Waals surface area contributed by atoms with Crippen molar-refractivity contribution in [1.82, 2.24) is 24.5 Å². The third-order valence-corrected chi connectivity index (χ3v) is 5.03. The van der Waals surface area contributed by atoms with Gasteiger partial charge in [0.25, 0.3) is 5.56 Å². The Morgan fingerprint density at radius 1 is 1.14 bits per heavy atom. The maximum atomic E-state index is 13.2. The lowest BCUT2D eigenvalue weighted by molar-refractivity contribution is 0.358. The third kappa shape index (κ3) is 3.19. The third-order valence-electron chi connectivity index (χ3n) is 4.75. The van der Waals surface area contributed by atoms with Crippen LogP contribution in [0.1, 0.15) is 11.4 Å². The maximum Gasteiger partial charge on any atom is 0.278 e. The van der Waals surface area contributed by atoms with E-state index in [4.69, 9.17) is 21.7 Å². The lowest BCUT2D eigenvalue weighted by Crippen LogP contribution is -2.25. The minimum atomic E-state index is -0.302. The molecule has 0 aliphatic rings. The zero-order valence-corrected chi connectivity index (χ0v) is 17.0. The van der Waals surface area contributed by atoms with Gasteiger partial charge in [-0.05, 0) is 42.9 Å². The number of rotatable bonds is 5. The van der Waals surface area contributed by atoms with Crippen LogP contribution in [-0.4, -0.2) is 38.8 Å². The van der Waals surface area contributed by atoms with E-state index < -0.39 is 0 Å². The predicted molar refractivity (Wildman–Crippen MR) is 112 cm³/mol. The lowest BCUT2D eigenvalue weighted by atomic mass is 10.1. The fraction of sp³-hybridized carbons (Fsp3) is 0.200. The standard InChI is InChI=1S/C20H19N5O3S/c1-12-6-4-5-7-14(12)25-16(22-23-20(25)29)11-24-19(26)17-13(10-21-24)8-9-15(27-2)18(17)28-3/h4-10H,11H2,1-3H3,(H,23,29). The number of hydrogen-bond donors (Lipinski definition) is 1. The largest absolute Gasteiger partial charge is 0.493 e. The molecule has 148 valence electrons. The van der Waals surface area contributed by atoms with Gasteiger partial charge in [0, 0.05) is 5.39 Å². The van der Waals surface area contributed by atoms with E-state index in [1.807, 2.05) is 35.8 Å². The molecule has 0 atom stereocenters. The van der Waals surface area contributed by atoms with Gasteiger partial charge in [0.05, 0.1) is 31.5 Å². The van der Waals surface area contributed by atoms with Crippen LogP contribution in [0.15, 0.2) is 47.4 Å². The first-order chi connectivity index (χ1) is 14.0. The molecule has 0 aliphatic carbocycles. The Bertz CT molecular complexity index is 1320. The molecule has 2 aromatic heterocycles. The van der Waals surface area contributed by atoms with Crippen molar-refractivity contribution in [2.45, 2.75) is 13.5 Å². The number of para-hydroxylation sites is 1. The number of aryl methyl sites for hydroxylation is 1. The van der Waals surface area contributed by atoms with Crippen molar-refractivity contribution in [3.8, 4) is 17.2 Å². The van der Waals surface area contributed by atoms with Crippen LogP contribution in [0.5, 0.6) is 11.5 Å². The van der Waals surface area contributed by atoms with Gasteiger partial charge in [0.15, 0.2) is 22.1 Å². The van der Waals surface area contributed by atoms with Gasteiger partial charge in [-0.25, -0.2) is 4.68 Å². The molecule has 2 heterocycles. The second kappa shape index (κ2) is 7.51. The Balaban J connectivity index is 1.87. The minimum Gasteiger partial charge on any atom is -0.493 e. The van der Waals surface area contributed by atoms with E-state index in [-0.39, 0.29) is 12.1 Å². The van der Waals surface area contributed by atoms with E-state index in [0.717, 1.165) is 11.3 Å². The number of aromatic amines is 1. The van der Waals surface area contributed by atoms with Crippen LogP contribution in [0.4, 0.5) is 0 Å². The van der Waals surface area contributed by atoms with Crippen LogP contribution in [0.2, 0.25) is 0 Å². The number of hydrogen-bond acceptors (Lipinski definition) is 6. The molecular formula is C20H19N5O3S. The lowest BCUT2D eigenvalue weighted by Gasteiger charge is -2.13. The van der Waals surface area contributed by atoms with Crippen molar-refractivity contribution in [3.63, 3.8) is 0 Å². The van der Waals surface area contributed by atoms with Gasteiger partial charge in [0.2, 0.25) is 0 Å². The zero-order valence-electron chi connectivity index (χ0n) is 16.2. The van der Waals surface area contributed by atoms with Gasteiger partial charge in [-0.1, -0.05) is 18.2 Å². The number of nitrogens with zero attached hydrogens (tertiary/aromatic N) is 4. The molecule has 8 nitrogen and oxygen atoms in total. The van der Waals surface area contributed by atoms with E-state index in [1.165, 1.54) is 18.9 Å². The highest BCUT2D eigenvalue weighted by molar-refractivity contribution is 7.71. The van der Waals surface area contributed by atoms with E-state index in [9.17, 15) is 4.79 Å². The Labute approximate surface area is 171 Å². The Morgan fingerprint density at radius 3 is 2.66 bits per heavy atom. The summed E-state index contributed by atoms with van der Waals surface area (Å²) in [6.45, 7) is 2.13. The monoisotopic (exact) mass is 409 g/mol. The van der Waals surface area contributed by atoms with Crippen LogP contribution in [0, 0.1) is 11.7 Å². The Morgan fingerprint density at radius 2 is 1.93 bits per heavy atom. The Hall–Kier alpha value is -3.46. The van der Waals surface area contributed by atoms with Crippen LogP contribution < -0.4 is 15.0 Å². The number of nitrogens with one attached hydrogen (secondary N) is 1. The van der Waals surface area contributed by atoms with E-state index in [0.29, 0.717) is 32.9 Å². The summed E-state index contributed by atoms with van der Waals surface area (Å²) in [4.78, 5) is 13.2. The van der Waals surface area contributed by atoms with Crippen molar-refractivity contribution in [1.29, 1.82) is 0 Å². The van der Waals surface area contributed by atoms with E-state index in [1.54, 1.807) is 18.3 Å². The molecule has 0 fully saturated rings. The van der Waals surface area contributed by atoms with Crippen molar-refractivity contribution < 1.29 is 9.47 Å². The summed E-state index contributed by atoms with van der Waals surface area (Å²) in [6.07, 6.45) is 1.62. The maximum absolute atomic E-state index is 13.2. The molecule has 0 aliphatic heterocycles. The quantitative estimate of drug-likeness (QED) is 0.510. The number of methoxy groups -OCH3 is 2. The minimum absolute atomic E-state index is 0.136. The normalized spacial score (nSPS) is 11.0. The first kappa shape index (κ1) is 18.9. The highest BCUT2D eigenvalue weighted by Gasteiger charge is 2.17. The van der Waals surface area contributed by atoms with Crippen molar-refractivity contribution >= 4 is 23.0 Å². The van der Waals surface area contributed by atoms with Gasteiger partial charge in [0.1, 0.15) is 6.54 Å². The molecule has 0 amide bonds. The molecule has 4 aromatic rings. The molecule has 0 spiro atoms. The molecule has 0 saturated heterocycles. The van der Waals surface area contributed by atoms with Gasteiger partial charge in [-0.15, -0.1) is 0 Å². The second-order valence-electron chi connectivity index (χ2n) is 6.44. The van der Waals surface area contributed by atoms with Crippen LogP contribution in [-0.2, 0) is 6.54 Å². The van der Waals surface area contributed by atoms with Crippen molar-refractivity contribution in [2.24, 2.45) is 0 Å². The zero-order chi connectivity index (χ0) is 20.5. The van der Waals surface area contributed by atoms with Crippen LogP contribution in [0.3, 0.4) is 0 Å². The second-order valence-corrected chi connectivity index (χ2v) is 6.83. The van der Waals surface area contributed by atoms with E-state index >= 15 is 0 Å². The molecule has 0 unspecified atom stereocenters. The average Bonchev–Trinajstić information content (AvgIpc) is 3.09. The van der Waals surface area contributed by atoms with Crippen molar-refractivity contribution in [2.75, 3.05) is 14.2 Å². The molecule has 0 saturated carbocycles. The van der Waals surface area contributed by atoms with Crippen LogP contribution >= 0.6 is 12.2 Å². The van der Waals surface area contributed by atoms with Crippen LogP contribution in [0.25, 0.3) is 16.5 Å². The molecule has 1 N–H and O–H groups in total. The molecule has 29 heavy (non-hydrogen) atoms. The SMILES string of the molecule is COc1ccc2cnn(Cc3n[nH]c(=S)n3-c3ccccc3C)c(=O)c2c1OC.